The average Bonchev–Trinajstić information content (AvgIpc) is 2.60. The minimum atomic E-state index is -0.458. The van der Waals surface area contributed by atoms with Crippen molar-refractivity contribution in [3.05, 3.63) is 65.5 Å². The van der Waals surface area contributed by atoms with Gasteiger partial charge in [-0.1, -0.05) is 24.3 Å². The van der Waals surface area contributed by atoms with E-state index in [1.165, 1.54) is 25.3 Å². The first-order valence-electron chi connectivity index (χ1n) is 7.50. The van der Waals surface area contributed by atoms with Gasteiger partial charge in [-0.05, 0) is 36.8 Å². The molecule has 126 valence electrons. The second-order valence-corrected chi connectivity index (χ2v) is 5.20. The number of benzene rings is 2. The van der Waals surface area contributed by atoms with Crippen molar-refractivity contribution in [1.29, 1.82) is 0 Å². The van der Waals surface area contributed by atoms with Gasteiger partial charge in [0.2, 0.25) is 5.91 Å². The lowest BCUT2D eigenvalue weighted by atomic mass is 10.1. The van der Waals surface area contributed by atoms with Gasteiger partial charge in [0.15, 0.2) is 11.6 Å². The van der Waals surface area contributed by atoms with E-state index in [0.29, 0.717) is 11.3 Å². The average molecular weight is 329 g/mol. The van der Waals surface area contributed by atoms with Crippen LogP contribution in [0.3, 0.4) is 0 Å². The van der Waals surface area contributed by atoms with E-state index in [4.69, 9.17) is 9.47 Å². The van der Waals surface area contributed by atoms with Gasteiger partial charge < -0.3 is 14.8 Å². The Hall–Kier alpha value is -2.82. The van der Waals surface area contributed by atoms with E-state index >= 15 is 0 Å². The van der Waals surface area contributed by atoms with Crippen molar-refractivity contribution >= 4 is 12.0 Å². The molecule has 1 amide bonds. The second kappa shape index (κ2) is 8.15. The second-order valence-electron chi connectivity index (χ2n) is 5.20. The molecule has 0 fully saturated rings. The summed E-state index contributed by atoms with van der Waals surface area (Å²) in [5.41, 5.74) is 1.46. The number of halogens is 1. The molecule has 2 aromatic carbocycles. The molecule has 0 aliphatic heterocycles. The summed E-state index contributed by atoms with van der Waals surface area (Å²) in [4.78, 5) is 12.1. The monoisotopic (exact) mass is 329 g/mol. The van der Waals surface area contributed by atoms with E-state index in [1.54, 1.807) is 26.2 Å². The Morgan fingerprint density at radius 2 is 1.83 bits per heavy atom. The van der Waals surface area contributed by atoms with E-state index < -0.39 is 5.82 Å². The van der Waals surface area contributed by atoms with Crippen molar-refractivity contribution < 1.29 is 18.7 Å². The van der Waals surface area contributed by atoms with Crippen LogP contribution in [0.2, 0.25) is 0 Å². The lowest BCUT2D eigenvalue weighted by Gasteiger charge is -2.14. The molecule has 0 aliphatic carbocycles. The van der Waals surface area contributed by atoms with Crippen LogP contribution in [0.15, 0.2) is 48.5 Å². The number of para-hydroxylation sites is 1. The quantitative estimate of drug-likeness (QED) is 0.822. The minimum Gasteiger partial charge on any atom is -0.496 e. The third kappa shape index (κ3) is 4.35. The first-order chi connectivity index (χ1) is 11.5. The molecular weight excluding hydrogens is 309 g/mol. The van der Waals surface area contributed by atoms with Gasteiger partial charge in [0.05, 0.1) is 20.3 Å². The Bertz CT molecular complexity index is 743. The molecule has 0 saturated heterocycles. The first-order valence-corrected chi connectivity index (χ1v) is 7.50. The highest BCUT2D eigenvalue weighted by Crippen LogP contribution is 2.22. The molecule has 0 radical (unpaired) electrons. The maximum atomic E-state index is 13.7. The summed E-state index contributed by atoms with van der Waals surface area (Å²) in [6.45, 7) is 1.79. The van der Waals surface area contributed by atoms with Crippen LogP contribution >= 0.6 is 0 Å². The number of amides is 1. The molecule has 0 aliphatic rings. The van der Waals surface area contributed by atoms with Gasteiger partial charge in [0.25, 0.3) is 0 Å². The molecule has 0 heterocycles. The Labute approximate surface area is 140 Å². The first kappa shape index (κ1) is 17.5. The van der Waals surface area contributed by atoms with Gasteiger partial charge in [-0.25, -0.2) is 4.39 Å². The summed E-state index contributed by atoms with van der Waals surface area (Å²) >= 11 is 0. The van der Waals surface area contributed by atoms with Crippen LogP contribution in [0.5, 0.6) is 11.5 Å². The van der Waals surface area contributed by atoms with Crippen molar-refractivity contribution in [2.75, 3.05) is 14.2 Å². The number of hydrogen-bond acceptors (Lipinski definition) is 3. The molecule has 4 nitrogen and oxygen atoms in total. The molecule has 0 unspecified atom stereocenters. The highest BCUT2D eigenvalue weighted by atomic mass is 19.1. The number of carbonyl (C=O) groups is 1. The highest BCUT2D eigenvalue weighted by molar-refractivity contribution is 5.92. The van der Waals surface area contributed by atoms with Crippen molar-refractivity contribution in [3.63, 3.8) is 0 Å². The van der Waals surface area contributed by atoms with E-state index in [1.807, 2.05) is 24.3 Å². The zero-order valence-electron chi connectivity index (χ0n) is 13.9. The van der Waals surface area contributed by atoms with E-state index in [2.05, 4.69) is 5.32 Å². The largest absolute Gasteiger partial charge is 0.496 e. The predicted octanol–water partition coefficient (Wildman–Crippen LogP) is 3.73. The van der Waals surface area contributed by atoms with Gasteiger partial charge in [-0.3, -0.25) is 4.79 Å². The molecule has 1 N–H and O–H groups in total. The number of nitrogens with one attached hydrogen (secondary N) is 1. The van der Waals surface area contributed by atoms with Gasteiger partial charge in [0, 0.05) is 11.6 Å². The van der Waals surface area contributed by atoms with Crippen LogP contribution in [0.4, 0.5) is 4.39 Å². The summed E-state index contributed by atoms with van der Waals surface area (Å²) in [6, 6.07) is 11.7. The molecule has 2 aromatic rings. The normalized spacial score (nSPS) is 12.0. The number of carbonyl (C=O) groups excluding carboxylic acids is 1. The molecule has 24 heavy (non-hydrogen) atoms. The van der Waals surface area contributed by atoms with Crippen molar-refractivity contribution in [1.82, 2.24) is 5.32 Å². The van der Waals surface area contributed by atoms with Crippen molar-refractivity contribution in [2.45, 2.75) is 13.0 Å². The highest BCUT2D eigenvalue weighted by Gasteiger charge is 2.11. The van der Waals surface area contributed by atoms with Gasteiger partial charge in [0.1, 0.15) is 5.75 Å². The molecule has 5 heteroatoms. The Morgan fingerprint density at radius 1 is 1.12 bits per heavy atom. The smallest absolute Gasteiger partial charge is 0.244 e. The zero-order chi connectivity index (χ0) is 17.5. The Kier molecular flexibility index (Phi) is 5.95. The topological polar surface area (TPSA) is 47.6 Å². The number of methoxy groups -OCH3 is 2. The zero-order valence-corrected chi connectivity index (χ0v) is 13.9. The Morgan fingerprint density at radius 3 is 2.50 bits per heavy atom. The molecule has 0 saturated carbocycles. The standard InChI is InChI=1S/C19H20FNO3/c1-13(15-8-10-18(24-3)16(20)12-15)21-19(22)11-9-14-6-4-5-7-17(14)23-2/h4-13H,1-3H3,(H,21,22)/b11-9+/t13-/m0/s1. The van der Waals surface area contributed by atoms with Crippen LogP contribution in [0.25, 0.3) is 6.08 Å². The maximum Gasteiger partial charge on any atom is 0.244 e. The SMILES string of the molecule is COc1ccc([C@H](C)NC(=O)/C=C/c2ccccc2OC)cc1F. The number of hydrogen-bond donors (Lipinski definition) is 1. The van der Waals surface area contributed by atoms with E-state index in [-0.39, 0.29) is 17.7 Å². The van der Waals surface area contributed by atoms with Crippen molar-refractivity contribution in [2.24, 2.45) is 0 Å². The predicted molar refractivity (Wildman–Crippen MR) is 91.5 cm³/mol. The number of ether oxygens (including phenoxy) is 2. The molecule has 0 spiro atoms. The van der Waals surface area contributed by atoms with Crippen molar-refractivity contribution in [3.8, 4) is 11.5 Å². The molecule has 2 rings (SSSR count). The molecule has 0 bridgehead atoms. The maximum absolute atomic E-state index is 13.7. The fourth-order valence-corrected chi connectivity index (χ4v) is 2.27. The van der Waals surface area contributed by atoms with Crippen LogP contribution in [-0.2, 0) is 4.79 Å². The van der Waals surface area contributed by atoms with Gasteiger partial charge in [-0.15, -0.1) is 0 Å². The summed E-state index contributed by atoms with van der Waals surface area (Å²) in [7, 11) is 2.99. The third-order valence-corrected chi connectivity index (χ3v) is 3.59. The fourth-order valence-electron chi connectivity index (χ4n) is 2.27. The lowest BCUT2D eigenvalue weighted by molar-refractivity contribution is -0.117. The summed E-state index contributed by atoms with van der Waals surface area (Å²) in [6.07, 6.45) is 3.10. The molecular formula is C19H20FNO3. The van der Waals surface area contributed by atoms with Gasteiger partial charge >= 0.3 is 0 Å². The van der Waals surface area contributed by atoms with Crippen LogP contribution in [0, 0.1) is 5.82 Å². The van der Waals surface area contributed by atoms with E-state index in [9.17, 15) is 9.18 Å². The fraction of sp³-hybridized carbons (Fsp3) is 0.211. The van der Waals surface area contributed by atoms with Crippen LogP contribution in [0.1, 0.15) is 24.1 Å². The Balaban J connectivity index is 2.03. The van der Waals surface area contributed by atoms with Crippen LogP contribution < -0.4 is 14.8 Å². The lowest BCUT2D eigenvalue weighted by Crippen LogP contribution is -2.24. The van der Waals surface area contributed by atoms with E-state index in [0.717, 1.165) is 5.56 Å². The number of rotatable bonds is 6. The van der Waals surface area contributed by atoms with Gasteiger partial charge in [-0.2, -0.15) is 0 Å². The summed E-state index contributed by atoms with van der Waals surface area (Å²) in [5, 5.41) is 2.79. The molecule has 1 atom stereocenters. The third-order valence-electron chi connectivity index (χ3n) is 3.59. The van der Waals surface area contributed by atoms with Crippen LogP contribution in [-0.4, -0.2) is 20.1 Å². The molecule has 0 aromatic heterocycles. The summed E-state index contributed by atoms with van der Waals surface area (Å²) in [5.74, 6) is 0.130. The minimum absolute atomic E-state index is 0.174. The summed E-state index contributed by atoms with van der Waals surface area (Å²) < 4.78 is 23.8.